The number of H-pyrrole nitrogens is 1. The number of carbonyl (C=O) groups excluding carboxylic acids is 2. The van der Waals surface area contributed by atoms with E-state index in [0.717, 1.165) is 18.5 Å². The lowest BCUT2D eigenvalue weighted by Crippen LogP contribution is -2.43. The Kier molecular flexibility index (Phi) is 8.09. The molecule has 1 saturated heterocycles. The first-order chi connectivity index (χ1) is 13.1. The Morgan fingerprint density at radius 3 is 2.82 bits per heavy atom. The summed E-state index contributed by atoms with van der Waals surface area (Å²) in [6.45, 7) is 6.34. The van der Waals surface area contributed by atoms with Crippen molar-refractivity contribution in [2.75, 3.05) is 32.7 Å². The van der Waals surface area contributed by atoms with Gasteiger partial charge >= 0.3 is 6.03 Å². The first kappa shape index (κ1) is 22.0. The van der Waals surface area contributed by atoms with Crippen LogP contribution in [0.25, 0.3) is 10.9 Å². The number of aromatic amines is 1. The third-order valence-corrected chi connectivity index (χ3v) is 4.56. The Hall–Kier alpha value is -2.30. The van der Waals surface area contributed by atoms with E-state index in [2.05, 4.69) is 51.0 Å². The first-order valence-corrected chi connectivity index (χ1v) is 9.26. The fourth-order valence-electron chi connectivity index (χ4n) is 3.25. The van der Waals surface area contributed by atoms with Gasteiger partial charge in [0.1, 0.15) is 0 Å². The molecule has 0 bridgehead atoms. The monoisotopic (exact) mass is 498 g/mol. The average molecular weight is 498 g/mol. The van der Waals surface area contributed by atoms with Crippen LogP contribution in [0.5, 0.6) is 0 Å². The number of halogens is 1. The van der Waals surface area contributed by atoms with E-state index in [0.29, 0.717) is 25.6 Å². The molecule has 28 heavy (non-hydrogen) atoms. The van der Waals surface area contributed by atoms with Crippen LogP contribution < -0.4 is 16.0 Å². The summed E-state index contributed by atoms with van der Waals surface area (Å²) in [6, 6.07) is 5.91. The van der Waals surface area contributed by atoms with Gasteiger partial charge in [-0.05, 0) is 37.5 Å². The Bertz CT molecular complexity index is 847. The molecular weight excluding hydrogens is 471 g/mol. The number of aliphatic imine (C=N–C) groups is 1. The maximum Gasteiger partial charge on any atom is 0.324 e. The van der Waals surface area contributed by atoms with Crippen LogP contribution in [0.3, 0.4) is 0 Å². The summed E-state index contributed by atoms with van der Waals surface area (Å²) in [5.74, 6) is 0.486. The van der Waals surface area contributed by atoms with Crippen LogP contribution >= 0.6 is 24.0 Å². The number of carbonyl (C=O) groups is 2. The summed E-state index contributed by atoms with van der Waals surface area (Å²) in [5, 5.41) is 10.1. The van der Waals surface area contributed by atoms with E-state index in [1.165, 1.54) is 21.4 Å². The van der Waals surface area contributed by atoms with E-state index in [9.17, 15) is 9.59 Å². The van der Waals surface area contributed by atoms with Gasteiger partial charge in [-0.3, -0.25) is 14.7 Å². The standard InChI is InChI=1S/C19H26N6O2.HI/c1-3-20-18(22-9-10-25-16(26)12-24-19(25)27)21-8-7-14-11-23-15-6-4-5-13(2)17(14)15;/h4-6,11,23H,3,7-10,12H2,1-2H3,(H,24,27)(H2,20,21,22);1H. The van der Waals surface area contributed by atoms with Gasteiger partial charge in [0.25, 0.3) is 0 Å². The Morgan fingerprint density at radius 2 is 2.11 bits per heavy atom. The van der Waals surface area contributed by atoms with Gasteiger partial charge in [0, 0.05) is 43.3 Å². The van der Waals surface area contributed by atoms with Crippen LogP contribution in [-0.2, 0) is 11.2 Å². The van der Waals surface area contributed by atoms with Gasteiger partial charge in [-0.15, -0.1) is 24.0 Å². The highest BCUT2D eigenvalue weighted by molar-refractivity contribution is 14.0. The number of aryl methyl sites for hydroxylation is 1. The third-order valence-electron chi connectivity index (χ3n) is 4.56. The van der Waals surface area contributed by atoms with Gasteiger partial charge in [-0.1, -0.05) is 12.1 Å². The zero-order chi connectivity index (χ0) is 19.2. The summed E-state index contributed by atoms with van der Waals surface area (Å²) in [4.78, 5) is 32.3. The highest BCUT2D eigenvalue weighted by Crippen LogP contribution is 2.22. The Labute approximate surface area is 181 Å². The summed E-state index contributed by atoms with van der Waals surface area (Å²) in [7, 11) is 0. The first-order valence-electron chi connectivity index (χ1n) is 9.26. The molecule has 0 aliphatic carbocycles. The number of hydrogen-bond donors (Lipinski definition) is 4. The van der Waals surface area contributed by atoms with Crippen molar-refractivity contribution in [1.82, 2.24) is 25.8 Å². The number of nitrogens with one attached hydrogen (secondary N) is 4. The van der Waals surface area contributed by atoms with Gasteiger partial charge in [-0.25, -0.2) is 4.79 Å². The minimum atomic E-state index is -0.335. The van der Waals surface area contributed by atoms with Crippen molar-refractivity contribution < 1.29 is 9.59 Å². The van der Waals surface area contributed by atoms with Gasteiger partial charge in [0.15, 0.2) is 5.96 Å². The van der Waals surface area contributed by atoms with Crippen LogP contribution in [0.4, 0.5) is 4.79 Å². The minimum absolute atomic E-state index is 0. The predicted molar refractivity (Wildman–Crippen MR) is 121 cm³/mol. The number of benzene rings is 1. The highest BCUT2D eigenvalue weighted by Gasteiger charge is 2.27. The largest absolute Gasteiger partial charge is 0.361 e. The van der Waals surface area contributed by atoms with Crippen molar-refractivity contribution in [3.63, 3.8) is 0 Å². The van der Waals surface area contributed by atoms with Crippen molar-refractivity contribution >= 4 is 52.8 Å². The van der Waals surface area contributed by atoms with E-state index in [-0.39, 0.29) is 42.5 Å². The predicted octanol–water partition coefficient (Wildman–Crippen LogP) is 1.74. The second-order valence-electron chi connectivity index (χ2n) is 6.45. The average Bonchev–Trinajstić information content (AvgIpc) is 3.20. The molecule has 3 rings (SSSR count). The number of nitrogens with zero attached hydrogens (tertiary/aromatic N) is 2. The molecule has 4 N–H and O–H groups in total. The second kappa shape index (κ2) is 10.3. The molecule has 0 atom stereocenters. The maximum absolute atomic E-state index is 11.6. The lowest BCUT2D eigenvalue weighted by Gasteiger charge is -2.15. The van der Waals surface area contributed by atoms with Crippen molar-refractivity contribution in [1.29, 1.82) is 0 Å². The molecule has 2 aromatic rings. The van der Waals surface area contributed by atoms with Gasteiger partial charge < -0.3 is 20.9 Å². The van der Waals surface area contributed by atoms with Crippen LogP contribution in [0.2, 0.25) is 0 Å². The van der Waals surface area contributed by atoms with E-state index in [1.807, 2.05) is 13.1 Å². The van der Waals surface area contributed by atoms with Crippen molar-refractivity contribution in [3.05, 3.63) is 35.5 Å². The number of imide groups is 1. The van der Waals surface area contributed by atoms with Crippen molar-refractivity contribution in [3.8, 4) is 0 Å². The highest BCUT2D eigenvalue weighted by atomic mass is 127. The molecule has 1 aliphatic heterocycles. The second-order valence-corrected chi connectivity index (χ2v) is 6.45. The molecule has 2 heterocycles. The lowest BCUT2D eigenvalue weighted by atomic mass is 10.1. The molecular formula is C19H27IN6O2. The lowest BCUT2D eigenvalue weighted by molar-refractivity contribution is -0.124. The van der Waals surface area contributed by atoms with E-state index in [4.69, 9.17) is 0 Å². The van der Waals surface area contributed by atoms with Crippen molar-refractivity contribution in [2.45, 2.75) is 20.3 Å². The number of guanidine groups is 1. The number of rotatable bonds is 7. The fraction of sp³-hybridized carbons (Fsp3) is 0.421. The number of aromatic nitrogens is 1. The SMILES string of the molecule is CCNC(=NCCc1c[nH]c2cccc(C)c12)NCCN1C(=O)CNC1=O.I. The minimum Gasteiger partial charge on any atom is -0.361 e. The number of hydrogen-bond acceptors (Lipinski definition) is 3. The molecule has 1 aromatic heterocycles. The van der Waals surface area contributed by atoms with Crippen LogP contribution in [0.15, 0.2) is 29.4 Å². The van der Waals surface area contributed by atoms with Gasteiger partial charge in [0.2, 0.25) is 5.91 Å². The molecule has 0 unspecified atom stereocenters. The third kappa shape index (κ3) is 5.15. The van der Waals surface area contributed by atoms with Crippen LogP contribution in [0, 0.1) is 6.92 Å². The zero-order valence-electron chi connectivity index (χ0n) is 16.2. The fourth-order valence-corrected chi connectivity index (χ4v) is 3.25. The van der Waals surface area contributed by atoms with Gasteiger partial charge in [0.05, 0.1) is 6.54 Å². The zero-order valence-corrected chi connectivity index (χ0v) is 18.5. The molecule has 9 heteroatoms. The van der Waals surface area contributed by atoms with Crippen molar-refractivity contribution in [2.24, 2.45) is 4.99 Å². The van der Waals surface area contributed by atoms with E-state index < -0.39 is 0 Å². The number of urea groups is 1. The Morgan fingerprint density at radius 1 is 1.29 bits per heavy atom. The Balaban J connectivity index is 0.00000280. The number of amides is 3. The smallest absolute Gasteiger partial charge is 0.324 e. The molecule has 8 nitrogen and oxygen atoms in total. The van der Waals surface area contributed by atoms with Crippen LogP contribution in [0.1, 0.15) is 18.1 Å². The van der Waals surface area contributed by atoms with E-state index in [1.54, 1.807) is 0 Å². The topological polar surface area (TPSA) is 102 Å². The summed E-state index contributed by atoms with van der Waals surface area (Å²) in [6.07, 6.45) is 2.87. The summed E-state index contributed by atoms with van der Waals surface area (Å²) in [5.41, 5.74) is 3.65. The normalized spacial score (nSPS) is 14.2. The molecule has 3 amide bonds. The van der Waals surface area contributed by atoms with Crippen LogP contribution in [-0.4, -0.2) is 60.5 Å². The number of fused-ring (bicyclic) bond motifs is 1. The van der Waals surface area contributed by atoms with Gasteiger partial charge in [-0.2, -0.15) is 0 Å². The molecule has 1 fully saturated rings. The summed E-state index contributed by atoms with van der Waals surface area (Å²) < 4.78 is 0. The molecule has 152 valence electrons. The molecule has 0 radical (unpaired) electrons. The molecule has 0 spiro atoms. The summed E-state index contributed by atoms with van der Waals surface area (Å²) >= 11 is 0. The molecule has 1 aromatic carbocycles. The molecule has 1 aliphatic rings. The maximum atomic E-state index is 11.6. The quantitative estimate of drug-likeness (QED) is 0.202. The van der Waals surface area contributed by atoms with E-state index >= 15 is 0 Å². The molecule has 0 saturated carbocycles.